The van der Waals surface area contributed by atoms with Crippen LogP contribution in [-0.2, 0) is 11.3 Å². The number of rotatable bonds is 4. The quantitative estimate of drug-likeness (QED) is 0.365. The summed E-state index contributed by atoms with van der Waals surface area (Å²) in [5.74, 6) is 1.21. The van der Waals surface area contributed by atoms with E-state index in [0.29, 0.717) is 13.0 Å². The van der Waals surface area contributed by atoms with Gasteiger partial charge in [0.2, 0.25) is 5.91 Å². The highest BCUT2D eigenvalue weighted by Crippen LogP contribution is 2.34. The number of aryl methyl sites for hydroxylation is 2. The van der Waals surface area contributed by atoms with Gasteiger partial charge in [-0.05, 0) is 66.9 Å². The van der Waals surface area contributed by atoms with Crippen LogP contribution in [0.3, 0.4) is 0 Å². The van der Waals surface area contributed by atoms with Gasteiger partial charge in [-0.1, -0.05) is 46.3 Å². The topological polar surface area (TPSA) is 38.1 Å². The van der Waals surface area contributed by atoms with E-state index in [-0.39, 0.29) is 11.8 Å². The minimum absolute atomic E-state index is 0.0628. The van der Waals surface area contributed by atoms with Crippen LogP contribution >= 0.6 is 15.9 Å². The molecule has 1 aliphatic heterocycles. The molecule has 1 atom stereocenters. The van der Waals surface area contributed by atoms with Crippen molar-refractivity contribution in [3.63, 3.8) is 0 Å². The summed E-state index contributed by atoms with van der Waals surface area (Å²) in [7, 11) is 0. The third-order valence-electron chi connectivity index (χ3n) is 5.92. The van der Waals surface area contributed by atoms with E-state index in [4.69, 9.17) is 4.98 Å². The molecule has 4 nitrogen and oxygen atoms in total. The van der Waals surface area contributed by atoms with E-state index in [2.05, 4.69) is 82.9 Å². The summed E-state index contributed by atoms with van der Waals surface area (Å²) in [4.78, 5) is 19.9. The van der Waals surface area contributed by atoms with Crippen molar-refractivity contribution in [2.24, 2.45) is 0 Å². The minimum Gasteiger partial charge on any atom is -0.323 e. The molecule has 156 valence electrons. The normalized spacial score (nSPS) is 16.4. The average molecular weight is 474 g/mol. The first-order valence-corrected chi connectivity index (χ1v) is 11.4. The van der Waals surface area contributed by atoms with Crippen LogP contribution in [0, 0.1) is 13.8 Å². The lowest BCUT2D eigenvalue weighted by Crippen LogP contribution is -2.24. The van der Waals surface area contributed by atoms with Crippen molar-refractivity contribution in [1.29, 1.82) is 0 Å². The molecule has 5 rings (SSSR count). The molecular formula is C26H24BrN3O. The molecule has 0 aliphatic carbocycles. The summed E-state index contributed by atoms with van der Waals surface area (Å²) in [5.41, 5.74) is 6.62. The summed E-state index contributed by atoms with van der Waals surface area (Å²) >= 11 is 3.58. The second-order valence-electron chi connectivity index (χ2n) is 8.43. The van der Waals surface area contributed by atoms with Gasteiger partial charge < -0.3 is 9.47 Å². The number of carbonyl (C=O) groups excluding carboxylic acids is 1. The number of hydrogen-bond donors (Lipinski definition) is 0. The lowest BCUT2D eigenvalue weighted by atomic mass is 10.1. The number of anilines is 1. The fourth-order valence-corrected chi connectivity index (χ4v) is 5.07. The van der Waals surface area contributed by atoms with Gasteiger partial charge in [-0.3, -0.25) is 4.79 Å². The number of halogens is 1. The maximum Gasteiger partial charge on any atom is 0.227 e. The van der Waals surface area contributed by atoms with Crippen molar-refractivity contribution in [1.82, 2.24) is 9.55 Å². The number of amides is 1. The number of aromatic nitrogens is 2. The van der Waals surface area contributed by atoms with Gasteiger partial charge in [0.15, 0.2) is 0 Å². The van der Waals surface area contributed by atoms with Crippen LogP contribution < -0.4 is 4.90 Å². The number of hydrogen-bond acceptors (Lipinski definition) is 2. The molecule has 2 heterocycles. The Balaban J connectivity index is 1.53. The van der Waals surface area contributed by atoms with E-state index >= 15 is 0 Å². The molecule has 1 aromatic heterocycles. The molecular weight excluding hydrogens is 450 g/mol. The number of benzene rings is 3. The van der Waals surface area contributed by atoms with Gasteiger partial charge >= 0.3 is 0 Å². The van der Waals surface area contributed by atoms with Gasteiger partial charge in [-0.25, -0.2) is 4.98 Å². The van der Waals surface area contributed by atoms with Crippen LogP contribution in [0.4, 0.5) is 5.69 Å². The van der Waals surface area contributed by atoms with Crippen molar-refractivity contribution in [2.75, 3.05) is 11.4 Å². The Morgan fingerprint density at radius 1 is 1.00 bits per heavy atom. The zero-order valence-electron chi connectivity index (χ0n) is 17.7. The van der Waals surface area contributed by atoms with Crippen LogP contribution in [0.5, 0.6) is 0 Å². The summed E-state index contributed by atoms with van der Waals surface area (Å²) < 4.78 is 3.34. The first kappa shape index (κ1) is 20.0. The largest absolute Gasteiger partial charge is 0.323 e. The SMILES string of the molecule is Cc1cc(C)cc(N2CC(c3nc4ccccc4n3Cc3cccc(Br)c3)CC2=O)c1. The van der Waals surface area contributed by atoms with E-state index in [1.54, 1.807) is 0 Å². The predicted octanol–water partition coefficient (Wildman–Crippen LogP) is 5.98. The van der Waals surface area contributed by atoms with Gasteiger partial charge in [0.25, 0.3) is 0 Å². The van der Waals surface area contributed by atoms with Crippen molar-refractivity contribution >= 4 is 38.6 Å². The van der Waals surface area contributed by atoms with Gasteiger partial charge in [-0.15, -0.1) is 0 Å². The van der Waals surface area contributed by atoms with Crippen LogP contribution in [0.25, 0.3) is 11.0 Å². The monoisotopic (exact) mass is 473 g/mol. The number of carbonyl (C=O) groups is 1. The Morgan fingerprint density at radius 2 is 1.77 bits per heavy atom. The Morgan fingerprint density at radius 3 is 2.55 bits per heavy atom. The molecule has 0 radical (unpaired) electrons. The highest BCUT2D eigenvalue weighted by Gasteiger charge is 2.35. The number of imidazole rings is 1. The second-order valence-corrected chi connectivity index (χ2v) is 9.34. The molecule has 31 heavy (non-hydrogen) atoms. The molecule has 0 spiro atoms. The number of para-hydroxylation sites is 2. The zero-order valence-corrected chi connectivity index (χ0v) is 19.3. The Labute approximate surface area is 190 Å². The number of fused-ring (bicyclic) bond motifs is 1. The van der Waals surface area contributed by atoms with Gasteiger partial charge in [0, 0.05) is 35.6 Å². The van der Waals surface area contributed by atoms with Crippen molar-refractivity contribution in [2.45, 2.75) is 32.7 Å². The fourth-order valence-electron chi connectivity index (χ4n) is 4.63. The van der Waals surface area contributed by atoms with Gasteiger partial charge in [0.05, 0.1) is 11.0 Å². The minimum atomic E-state index is 0.0628. The first-order chi connectivity index (χ1) is 15.0. The molecule has 0 N–H and O–H groups in total. The molecule has 4 aromatic rings. The Kier molecular flexibility index (Phi) is 5.14. The molecule has 0 saturated carbocycles. The molecule has 1 aliphatic rings. The van der Waals surface area contributed by atoms with E-state index in [1.807, 2.05) is 23.1 Å². The highest BCUT2D eigenvalue weighted by atomic mass is 79.9. The van der Waals surface area contributed by atoms with E-state index in [9.17, 15) is 4.79 Å². The van der Waals surface area contributed by atoms with E-state index < -0.39 is 0 Å². The smallest absolute Gasteiger partial charge is 0.227 e. The molecule has 1 saturated heterocycles. The third kappa shape index (κ3) is 3.90. The molecule has 3 aromatic carbocycles. The fraction of sp³-hybridized carbons (Fsp3) is 0.231. The maximum atomic E-state index is 13.0. The average Bonchev–Trinajstić information content (AvgIpc) is 3.28. The molecule has 5 heteroatoms. The summed E-state index contributed by atoms with van der Waals surface area (Å²) in [6.45, 7) is 5.53. The van der Waals surface area contributed by atoms with Crippen LogP contribution in [-0.4, -0.2) is 22.0 Å². The van der Waals surface area contributed by atoms with Crippen molar-refractivity contribution in [3.05, 3.63) is 93.7 Å². The summed E-state index contributed by atoms with van der Waals surface area (Å²) in [6.07, 6.45) is 0.481. The second kappa shape index (κ2) is 7.97. The maximum absolute atomic E-state index is 13.0. The molecule has 0 bridgehead atoms. The van der Waals surface area contributed by atoms with E-state index in [1.165, 1.54) is 16.7 Å². The Bertz CT molecular complexity index is 1270. The van der Waals surface area contributed by atoms with Crippen LogP contribution in [0.2, 0.25) is 0 Å². The van der Waals surface area contributed by atoms with Crippen LogP contribution in [0.15, 0.2) is 71.2 Å². The summed E-state index contributed by atoms with van der Waals surface area (Å²) in [6, 6.07) is 22.9. The Hall–Kier alpha value is -2.92. The zero-order chi connectivity index (χ0) is 21.5. The third-order valence-corrected chi connectivity index (χ3v) is 6.42. The molecule has 1 unspecified atom stereocenters. The summed E-state index contributed by atoms with van der Waals surface area (Å²) in [5, 5.41) is 0. The number of nitrogens with zero attached hydrogens (tertiary/aromatic N) is 3. The molecule has 1 fully saturated rings. The van der Waals surface area contributed by atoms with Crippen molar-refractivity contribution in [3.8, 4) is 0 Å². The predicted molar refractivity (Wildman–Crippen MR) is 129 cm³/mol. The van der Waals surface area contributed by atoms with Crippen molar-refractivity contribution < 1.29 is 4.79 Å². The standard InChI is InChI=1S/C26H24BrN3O/c1-17-10-18(2)12-22(11-17)29-16-20(14-25(29)31)26-28-23-8-3-4-9-24(23)30(26)15-19-6-5-7-21(27)13-19/h3-13,20H,14-16H2,1-2H3. The van der Waals surface area contributed by atoms with Crippen LogP contribution in [0.1, 0.15) is 34.9 Å². The lowest BCUT2D eigenvalue weighted by molar-refractivity contribution is -0.117. The molecule has 1 amide bonds. The van der Waals surface area contributed by atoms with E-state index in [0.717, 1.165) is 33.6 Å². The van der Waals surface area contributed by atoms with Gasteiger partial charge in [0.1, 0.15) is 5.82 Å². The highest BCUT2D eigenvalue weighted by molar-refractivity contribution is 9.10. The lowest BCUT2D eigenvalue weighted by Gasteiger charge is -2.19. The van der Waals surface area contributed by atoms with Gasteiger partial charge in [-0.2, -0.15) is 0 Å². The first-order valence-electron chi connectivity index (χ1n) is 10.6.